The van der Waals surface area contributed by atoms with E-state index in [0.29, 0.717) is 35.5 Å². The highest BCUT2D eigenvalue weighted by atomic mass is 16.5. The van der Waals surface area contributed by atoms with E-state index >= 15 is 0 Å². The summed E-state index contributed by atoms with van der Waals surface area (Å²) in [5.74, 6) is 0.421. The number of rotatable bonds is 7. The molecule has 3 rings (SSSR count). The van der Waals surface area contributed by atoms with Crippen LogP contribution >= 0.6 is 0 Å². The molecule has 2 aromatic carbocycles. The molecule has 0 fully saturated rings. The number of carbonyl (C=O) groups is 1. The summed E-state index contributed by atoms with van der Waals surface area (Å²) in [6.07, 6.45) is 1.78. The van der Waals surface area contributed by atoms with E-state index in [1.54, 1.807) is 31.4 Å². The second-order valence-electron chi connectivity index (χ2n) is 5.65. The standard InChI is InChI=1S/C20H18O5/c1-23-10-2-3-14-4-5-16-12-18(20(22)25-19(16)11-14)15-6-8-17(9-7-15)24-13-21/h4-9,11-13H,2-3,10H2,1H3. The minimum atomic E-state index is -0.398. The molecule has 1 aromatic heterocycles. The van der Waals surface area contributed by atoms with Crippen molar-refractivity contribution in [1.82, 2.24) is 0 Å². The summed E-state index contributed by atoms with van der Waals surface area (Å²) >= 11 is 0. The summed E-state index contributed by atoms with van der Waals surface area (Å²) in [6, 6.07) is 14.4. The van der Waals surface area contributed by atoms with Crippen molar-refractivity contribution >= 4 is 17.4 Å². The van der Waals surface area contributed by atoms with Gasteiger partial charge in [0.2, 0.25) is 0 Å². The first kappa shape index (κ1) is 16.9. The van der Waals surface area contributed by atoms with Gasteiger partial charge < -0.3 is 13.9 Å². The van der Waals surface area contributed by atoms with Crippen molar-refractivity contribution in [3.8, 4) is 16.9 Å². The Morgan fingerprint density at radius 2 is 1.88 bits per heavy atom. The van der Waals surface area contributed by atoms with E-state index in [-0.39, 0.29) is 0 Å². The topological polar surface area (TPSA) is 65.7 Å². The Morgan fingerprint density at radius 3 is 2.60 bits per heavy atom. The van der Waals surface area contributed by atoms with Crippen LogP contribution in [-0.4, -0.2) is 20.2 Å². The molecule has 0 aliphatic heterocycles. The molecule has 128 valence electrons. The maximum absolute atomic E-state index is 12.3. The Morgan fingerprint density at radius 1 is 1.08 bits per heavy atom. The van der Waals surface area contributed by atoms with Gasteiger partial charge in [-0.25, -0.2) is 4.79 Å². The molecule has 0 spiro atoms. The van der Waals surface area contributed by atoms with Gasteiger partial charge in [-0.15, -0.1) is 0 Å². The van der Waals surface area contributed by atoms with Gasteiger partial charge in [-0.3, -0.25) is 4.79 Å². The third-order valence-corrected chi connectivity index (χ3v) is 3.96. The molecule has 0 amide bonds. The smallest absolute Gasteiger partial charge is 0.344 e. The summed E-state index contributed by atoms with van der Waals surface area (Å²) in [4.78, 5) is 22.7. The zero-order valence-electron chi connectivity index (χ0n) is 13.9. The first-order valence-electron chi connectivity index (χ1n) is 7.98. The first-order chi connectivity index (χ1) is 12.2. The molecular formula is C20H18O5. The summed E-state index contributed by atoms with van der Waals surface area (Å²) in [5.41, 5.74) is 2.46. The molecule has 0 saturated heterocycles. The molecule has 0 unspecified atom stereocenters. The van der Waals surface area contributed by atoms with Crippen molar-refractivity contribution in [3.05, 3.63) is 64.5 Å². The fourth-order valence-electron chi connectivity index (χ4n) is 2.70. The summed E-state index contributed by atoms with van der Waals surface area (Å²) in [6.45, 7) is 1.06. The van der Waals surface area contributed by atoms with Crippen LogP contribution in [0.15, 0.2) is 57.7 Å². The number of methoxy groups -OCH3 is 1. The van der Waals surface area contributed by atoms with Crippen LogP contribution in [0, 0.1) is 0 Å². The van der Waals surface area contributed by atoms with Gasteiger partial charge in [0.15, 0.2) is 0 Å². The van der Waals surface area contributed by atoms with E-state index in [1.807, 2.05) is 24.3 Å². The van der Waals surface area contributed by atoms with Gasteiger partial charge >= 0.3 is 5.63 Å². The van der Waals surface area contributed by atoms with Crippen molar-refractivity contribution < 1.29 is 18.7 Å². The largest absolute Gasteiger partial charge is 0.429 e. The maximum atomic E-state index is 12.3. The van der Waals surface area contributed by atoms with Gasteiger partial charge in [-0.2, -0.15) is 0 Å². The van der Waals surface area contributed by atoms with Crippen LogP contribution < -0.4 is 10.4 Å². The highest BCUT2D eigenvalue weighted by Crippen LogP contribution is 2.24. The minimum absolute atomic E-state index is 0.365. The highest BCUT2D eigenvalue weighted by molar-refractivity contribution is 5.82. The number of fused-ring (bicyclic) bond motifs is 1. The minimum Gasteiger partial charge on any atom is -0.429 e. The second kappa shape index (κ2) is 7.77. The predicted octanol–water partition coefficient (Wildman–Crippen LogP) is 3.57. The van der Waals surface area contributed by atoms with E-state index in [0.717, 1.165) is 23.8 Å². The van der Waals surface area contributed by atoms with Gasteiger partial charge in [0.25, 0.3) is 6.47 Å². The number of ether oxygens (including phenoxy) is 2. The predicted molar refractivity (Wildman–Crippen MR) is 94.8 cm³/mol. The summed E-state index contributed by atoms with van der Waals surface area (Å²) < 4.78 is 15.3. The number of hydrogen-bond acceptors (Lipinski definition) is 5. The maximum Gasteiger partial charge on any atom is 0.344 e. The quantitative estimate of drug-likeness (QED) is 0.374. The molecule has 1 heterocycles. The second-order valence-corrected chi connectivity index (χ2v) is 5.65. The van der Waals surface area contributed by atoms with E-state index < -0.39 is 5.63 Å². The van der Waals surface area contributed by atoms with Crippen LogP contribution in [0.25, 0.3) is 22.1 Å². The molecule has 0 bridgehead atoms. The molecule has 0 radical (unpaired) electrons. The normalized spacial score (nSPS) is 10.8. The molecule has 0 aliphatic carbocycles. The Labute approximate surface area is 144 Å². The van der Waals surface area contributed by atoms with Crippen molar-refractivity contribution in [2.24, 2.45) is 0 Å². The molecule has 5 nitrogen and oxygen atoms in total. The lowest BCUT2D eigenvalue weighted by molar-refractivity contribution is -0.120. The average Bonchev–Trinajstić information content (AvgIpc) is 2.62. The lowest BCUT2D eigenvalue weighted by Crippen LogP contribution is -2.03. The van der Waals surface area contributed by atoms with Crippen molar-refractivity contribution in [2.75, 3.05) is 13.7 Å². The SMILES string of the molecule is COCCCc1ccc2cc(-c3ccc(OC=O)cc3)c(=O)oc2c1. The lowest BCUT2D eigenvalue weighted by atomic mass is 10.0. The molecule has 5 heteroatoms. The Balaban J connectivity index is 1.92. The number of benzene rings is 2. The lowest BCUT2D eigenvalue weighted by Gasteiger charge is -2.06. The Kier molecular flexibility index (Phi) is 5.26. The van der Waals surface area contributed by atoms with Gasteiger partial charge in [-0.05, 0) is 48.2 Å². The first-order valence-corrected chi connectivity index (χ1v) is 7.98. The third-order valence-electron chi connectivity index (χ3n) is 3.96. The molecule has 0 aliphatic rings. The fraction of sp³-hybridized carbons (Fsp3) is 0.200. The van der Waals surface area contributed by atoms with Gasteiger partial charge in [0.05, 0.1) is 5.56 Å². The van der Waals surface area contributed by atoms with E-state index in [2.05, 4.69) is 0 Å². The van der Waals surface area contributed by atoms with Crippen molar-refractivity contribution in [3.63, 3.8) is 0 Å². The van der Waals surface area contributed by atoms with Crippen LogP contribution in [0.1, 0.15) is 12.0 Å². The van der Waals surface area contributed by atoms with Gasteiger partial charge in [0.1, 0.15) is 11.3 Å². The molecule has 0 saturated carbocycles. The van der Waals surface area contributed by atoms with E-state index in [4.69, 9.17) is 13.9 Å². The van der Waals surface area contributed by atoms with Gasteiger partial charge in [-0.1, -0.05) is 24.3 Å². The van der Waals surface area contributed by atoms with Crippen LogP contribution in [0.4, 0.5) is 0 Å². The number of hydrogen-bond donors (Lipinski definition) is 0. The van der Waals surface area contributed by atoms with E-state index in [9.17, 15) is 9.59 Å². The highest BCUT2D eigenvalue weighted by Gasteiger charge is 2.09. The van der Waals surface area contributed by atoms with E-state index in [1.165, 1.54) is 0 Å². The fourth-order valence-corrected chi connectivity index (χ4v) is 2.70. The zero-order valence-corrected chi connectivity index (χ0v) is 13.9. The third kappa shape index (κ3) is 3.95. The van der Waals surface area contributed by atoms with Crippen molar-refractivity contribution in [2.45, 2.75) is 12.8 Å². The monoisotopic (exact) mass is 338 g/mol. The molecule has 25 heavy (non-hydrogen) atoms. The Hall–Kier alpha value is -2.92. The Bertz CT molecular complexity index is 925. The molecule has 0 atom stereocenters. The molecule has 0 N–H and O–H groups in total. The van der Waals surface area contributed by atoms with Crippen LogP contribution in [-0.2, 0) is 16.0 Å². The number of aryl methyl sites for hydroxylation is 1. The number of carbonyl (C=O) groups excluding carboxylic acids is 1. The van der Waals surface area contributed by atoms with Gasteiger partial charge in [0, 0.05) is 19.1 Å². The van der Waals surface area contributed by atoms with Crippen LogP contribution in [0.3, 0.4) is 0 Å². The zero-order chi connectivity index (χ0) is 17.6. The summed E-state index contributed by atoms with van der Waals surface area (Å²) in [5, 5.41) is 0.860. The molecular weight excluding hydrogens is 320 g/mol. The average molecular weight is 338 g/mol. The summed E-state index contributed by atoms with van der Waals surface area (Å²) in [7, 11) is 1.68. The van der Waals surface area contributed by atoms with Crippen LogP contribution in [0.5, 0.6) is 5.75 Å². The van der Waals surface area contributed by atoms with Crippen molar-refractivity contribution in [1.29, 1.82) is 0 Å². The van der Waals surface area contributed by atoms with Crippen LogP contribution in [0.2, 0.25) is 0 Å². The molecule has 3 aromatic rings.